The molecular weight excluding hydrogens is 488 g/mol. The number of hydrogen-bond donors (Lipinski definition) is 2. The molecule has 3 aliphatic rings. The highest BCUT2D eigenvalue weighted by Gasteiger charge is 2.28. The van der Waals surface area contributed by atoms with E-state index in [1.54, 1.807) is 11.0 Å². The molecule has 0 aromatic heterocycles. The predicted octanol–water partition coefficient (Wildman–Crippen LogP) is 4.62. The molecule has 7 heteroatoms. The van der Waals surface area contributed by atoms with Crippen molar-refractivity contribution in [1.29, 1.82) is 0 Å². The van der Waals surface area contributed by atoms with E-state index in [-0.39, 0.29) is 28.9 Å². The first kappa shape index (κ1) is 27.9. The van der Waals surface area contributed by atoms with Crippen LogP contribution in [0.15, 0.2) is 30.3 Å². The molecule has 2 aromatic carbocycles. The van der Waals surface area contributed by atoms with Crippen molar-refractivity contribution in [3.63, 3.8) is 0 Å². The minimum atomic E-state index is -0.196. The number of likely N-dealkylation sites (tertiary alicyclic amines) is 1. The Kier molecular flexibility index (Phi) is 8.50. The van der Waals surface area contributed by atoms with Crippen molar-refractivity contribution in [2.75, 3.05) is 45.8 Å². The van der Waals surface area contributed by atoms with Crippen molar-refractivity contribution in [1.82, 2.24) is 19.6 Å². The van der Waals surface area contributed by atoms with Crippen LogP contribution in [0.5, 0.6) is 11.5 Å². The van der Waals surface area contributed by atoms with E-state index >= 15 is 0 Å². The molecule has 2 saturated heterocycles. The summed E-state index contributed by atoms with van der Waals surface area (Å²) in [5, 5.41) is 20.6. The van der Waals surface area contributed by atoms with Gasteiger partial charge in [0, 0.05) is 64.5 Å². The highest BCUT2D eigenvalue weighted by atomic mass is 16.3. The molecule has 3 heterocycles. The van der Waals surface area contributed by atoms with Crippen LogP contribution in [0.25, 0.3) is 0 Å². The maximum atomic E-state index is 13.3. The Morgan fingerprint density at radius 1 is 0.846 bits per heavy atom. The number of rotatable bonds is 7. The molecule has 2 N–H and O–H groups in total. The molecule has 2 aromatic rings. The summed E-state index contributed by atoms with van der Waals surface area (Å²) in [6.07, 6.45) is 2.66. The van der Waals surface area contributed by atoms with Crippen LogP contribution >= 0.6 is 0 Å². The zero-order valence-electron chi connectivity index (χ0n) is 24.2. The zero-order valence-corrected chi connectivity index (χ0v) is 24.2. The summed E-state index contributed by atoms with van der Waals surface area (Å²) in [6, 6.07) is 10.2. The first-order valence-corrected chi connectivity index (χ1v) is 14.8. The molecule has 1 amide bonds. The number of phenols is 2. The molecule has 0 bridgehead atoms. The molecule has 0 saturated carbocycles. The third-order valence-corrected chi connectivity index (χ3v) is 9.04. The lowest BCUT2D eigenvalue weighted by molar-refractivity contribution is 0.0748. The summed E-state index contributed by atoms with van der Waals surface area (Å²) < 4.78 is 0. The normalized spacial score (nSPS) is 19.8. The molecule has 2 fully saturated rings. The molecule has 7 nitrogen and oxygen atoms in total. The Morgan fingerprint density at radius 3 is 2.18 bits per heavy atom. The van der Waals surface area contributed by atoms with Gasteiger partial charge in [0.05, 0.1) is 5.56 Å². The lowest BCUT2D eigenvalue weighted by Gasteiger charge is -2.39. The number of hydrogen-bond acceptors (Lipinski definition) is 6. The number of aromatic hydroxyl groups is 2. The van der Waals surface area contributed by atoms with Crippen molar-refractivity contribution < 1.29 is 15.0 Å². The van der Waals surface area contributed by atoms with Gasteiger partial charge in [-0.25, -0.2) is 0 Å². The summed E-state index contributed by atoms with van der Waals surface area (Å²) in [5.74, 6) is 0.563. The predicted molar refractivity (Wildman–Crippen MR) is 155 cm³/mol. The third kappa shape index (κ3) is 6.42. The number of piperidine rings is 1. The standard InChI is InChI=1S/C32H46N4O3/c1-22(2)28-16-29(31(38)17-30(28)37)32(39)36-20-26-6-5-25(15-27(26)21-36)19-34-13-11-33(12-14-34)18-24-7-9-35(10-8-24)23(3)4/h5-6,15-17,22-24,37-38H,7-14,18-21H2,1-4H3. The van der Waals surface area contributed by atoms with E-state index < -0.39 is 0 Å². The van der Waals surface area contributed by atoms with Crippen LogP contribution in [0.1, 0.15) is 79.1 Å². The minimum Gasteiger partial charge on any atom is -0.508 e. The number of nitrogens with zero attached hydrogens (tertiary/aromatic N) is 4. The molecule has 0 atom stereocenters. The van der Waals surface area contributed by atoms with Crippen molar-refractivity contribution in [3.8, 4) is 11.5 Å². The second kappa shape index (κ2) is 11.9. The summed E-state index contributed by atoms with van der Waals surface area (Å²) in [5.41, 5.74) is 4.59. The van der Waals surface area contributed by atoms with Crippen LogP contribution in [0.2, 0.25) is 0 Å². The number of carbonyl (C=O) groups is 1. The monoisotopic (exact) mass is 534 g/mol. The fraction of sp³-hybridized carbons (Fsp3) is 0.594. The average molecular weight is 535 g/mol. The van der Waals surface area contributed by atoms with Gasteiger partial charge in [-0.05, 0) is 79.9 Å². The van der Waals surface area contributed by atoms with Crippen LogP contribution < -0.4 is 0 Å². The molecule has 0 radical (unpaired) electrons. The van der Waals surface area contributed by atoms with Gasteiger partial charge in [0.25, 0.3) is 5.91 Å². The number of carbonyl (C=O) groups excluding carboxylic acids is 1. The summed E-state index contributed by atoms with van der Waals surface area (Å²) in [4.78, 5) is 22.9. The summed E-state index contributed by atoms with van der Waals surface area (Å²) in [7, 11) is 0. The topological polar surface area (TPSA) is 70.5 Å². The summed E-state index contributed by atoms with van der Waals surface area (Å²) in [6.45, 7) is 18.8. The van der Waals surface area contributed by atoms with Crippen molar-refractivity contribution in [2.45, 2.75) is 72.1 Å². The largest absolute Gasteiger partial charge is 0.508 e. The van der Waals surface area contributed by atoms with Crippen LogP contribution in [0, 0.1) is 5.92 Å². The molecule has 5 rings (SSSR count). The lowest BCUT2D eigenvalue weighted by atomic mass is 9.95. The highest BCUT2D eigenvalue weighted by molar-refractivity contribution is 5.97. The number of piperazine rings is 1. The smallest absolute Gasteiger partial charge is 0.258 e. The van der Waals surface area contributed by atoms with Crippen molar-refractivity contribution >= 4 is 5.91 Å². The van der Waals surface area contributed by atoms with Crippen LogP contribution in [-0.4, -0.2) is 87.6 Å². The maximum absolute atomic E-state index is 13.3. The van der Waals surface area contributed by atoms with Crippen LogP contribution in [-0.2, 0) is 19.6 Å². The van der Waals surface area contributed by atoms with Gasteiger partial charge in [0.1, 0.15) is 11.5 Å². The maximum Gasteiger partial charge on any atom is 0.258 e. The molecule has 39 heavy (non-hydrogen) atoms. The zero-order chi connectivity index (χ0) is 27.7. The molecular formula is C32H46N4O3. The number of fused-ring (bicyclic) bond motifs is 1. The van der Waals surface area contributed by atoms with Crippen molar-refractivity contribution in [3.05, 3.63) is 58.1 Å². The van der Waals surface area contributed by atoms with E-state index in [1.807, 2.05) is 13.8 Å². The van der Waals surface area contributed by atoms with Gasteiger partial charge in [-0.15, -0.1) is 0 Å². The number of amides is 1. The quantitative estimate of drug-likeness (QED) is 0.541. The van der Waals surface area contributed by atoms with Gasteiger partial charge >= 0.3 is 0 Å². The van der Waals surface area contributed by atoms with Gasteiger partial charge in [-0.3, -0.25) is 9.69 Å². The highest BCUT2D eigenvalue weighted by Crippen LogP contribution is 2.34. The Hall–Kier alpha value is -2.61. The second-order valence-corrected chi connectivity index (χ2v) is 12.5. The molecule has 3 aliphatic heterocycles. The molecule has 0 unspecified atom stereocenters. The van der Waals surface area contributed by atoms with E-state index in [1.165, 1.54) is 55.2 Å². The van der Waals surface area contributed by atoms with E-state index in [2.05, 4.69) is 46.7 Å². The van der Waals surface area contributed by atoms with Crippen molar-refractivity contribution in [2.24, 2.45) is 5.92 Å². The van der Waals surface area contributed by atoms with Gasteiger partial charge in [0.15, 0.2) is 0 Å². The number of phenolic OH excluding ortho intramolecular Hbond substituents is 2. The summed E-state index contributed by atoms with van der Waals surface area (Å²) >= 11 is 0. The Labute approximate surface area is 234 Å². The van der Waals surface area contributed by atoms with Crippen LogP contribution in [0.4, 0.5) is 0 Å². The molecule has 0 aliphatic carbocycles. The van der Waals surface area contributed by atoms with Crippen LogP contribution in [0.3, 0.4) is 0 Å². The number of benzene rings is 2. The van der Waals surface area contributed by atoms with Gasteiger partial charge < -0.3 is 24.9 Å². The van der Waals surface area contributed by atoms with Gasteiger partial charge in [-0.2, -0.15) is 0 Å². The second-order valence-electron chi connectivity index (χ2n) is 12.5. The Morgan fingerprint density at radius 2 is 1.51 bits per heavy atom. The molecule has 212 valence electrons. The minimum absolute atomic E-state index is 0.0289. The third-order valence-electron chi connectivity index (χ3n) is 9.04. The van der Waals surface area contributed by atoms with Gasteiger partial charge in [0.2, 0.25) is 0 Å². The Bertz CT molecular complexity index is 1160. The first-order valence-electron chi connectivity index (χ1n) is 14.8. The van der Waals surface area contributed by atoms with E-state index in [0.717, 1.165) is 38.6 Å². The average Bonchev–Trinajstić information content (AvgIpc) is 3.33. The Balaban J connectivity index is 1.13. The molecule has 0 spiro atoms. The fourth-order valence-corrected chi connectivity index (χ4v) is 6.49. The first-order chi connectivity index (χ1) is 18.7. The lowest BCUT2D eigenvalue weighted by Crippen LogP contribution is -2.48. The van der Waals surface area contributed by atoms with E-state index in [4.69, 9.17) is 0 Å². The van der Waals surface area contributed by atoms with E-state index in [9.17, 15) is 15.0 Å². The fourth-order valence-electron chi connectivity index (χ4n) is 6.49. The van der Waals surface area contributed by atoms with E-state index in [0.29, 0.717) is 24.7 Å². The SMILES string of the molecule is CC(C)c1cc(C(=O)N2Cc3ccc(CN4CCN(CC5CCN(C(C)C)CC5)CC4)cc3C2)c(O)cc1O. The van der Waals surface area contributed by atoms with Gasteiger partial charge in [-0.1, -0.05) is 32.0 Å².